The van der Waals surface area contributed by atoms with Crippen molar-refractivity contribution in [3.8, 4) is 11.5 Å². The molecule has 0 bridgehead atoms. The smallest absolute Gasteiger partial charge is 0.377 e. The van der Waals surface area contributed by atoms with Gasteiger partial charge in [-0.1, -0.05) is 16.9 Å². The van der Waals surface area contributed by atoms with Crippen molar-refractivity contribution >= 4 is 65.6 Å². The first kappa shape index (κ1) is 42.0. The summed E-state index contributed by atoms with van der Waals surface area (Å²) in [6.07, 6.45) is 8.22. The van der Waals surface area contributed by atoms with Crippen molar-refractivity contribution in [3.05, 3.63) is 66.2 Å². The first-order chi connectivity index (χ1) is 23.4. The summed E-state index contributed by atoms with van der Waals surface area (Å²) in [4.78, 5) is 23.1. The summed E-state index contributed by atoms with van der Waals surface area (Å²) >= 11 is 11.2. The van der Waals surface area contributed by atoms with Crippen molar-refractivity contribution in [1.29, 1.82) is 0 Å². The summed E-state index contributed by atoms with van der Waals surface area (Å²) in [6.45, 7) is 0.788. The molecular weight excluding hydrogens is 750 g/mol. The predicted molar refractivity (Wildman–Crippen MR) is 205 cm³/mol. The van der Waals surface area contributed by atoms with Crippen LogP contribution in [0.5, 0.6) is 11.5 Å². The molecule has 4 unspecified atom stereocenters. The zero-order chi connectivity index (χ0) is 36.0. The Balaban J connectivity index is 1.52. The fraction of sp³-hybridized carbons (Fsp3) is 0.483. The summed E-state index contributed by atoms with van der Waals surface area (Å²) in [5.41, 5.74) is 4.86. The topological polar surface area (TPSA) is 139 Å². The van der Waals surface area contributed by atoms with Crippen LogP contribution in [0.3, 0.4) is 0 Å². The van der Waals surface area contributed by atoms with E-state index in [2.05, 4.69) is 22.7 Å². The van der Waals surface area contributed by atoms with Gasteiger partial charge in [0.15, 0.2) is 11.5 Å². The molecular formula is C29H47N5O9P4S2+4. The van der Waals surface area contributed by atoms with Crippen molar-refractivity contribution in [1.82, 2.24) is 15.0 Å². The lowest BCUT2D eigenvalue weighted by atomic mass is 9.94. The van der Waals surface area contributed by atoms with Gasteiger partial charge in [-0.25, -0.2) is 5.43 Å². The molecule has 0 radical (unpaired) electrons. The van der Waals surface area contributed by atoms with Crippen molar-refractivity contribution in [2.24, 2.45) is 11.0 Å². The molecule has 270 valence electrons. The SMILES string of the molecule is COC1C=CC(CNN(C)[P+](=S)Oc2ccc(/C=N\N(C)[P+](=S)Oc3ccc(N(C[P+](O)(OC)OC)C[P+](O)(OC)OC)cc3)cc2)CC1. The summed E-state index contributed by atoms with van der Waals surface area (Å²) in [6, 6.07) is 14.5. The fourth-order valence-electron chi connectivity index (χ4n) is 4.37. The van der Waals surface area contributed by atoms with Crippen LogP contribution >= 0.6 is 30.0 Å². The minimum absolute atomic E-state index is 0.0365. The van der Waals surface area contributed by atoms with Crippen LogP contribution in [0.4, 0.5) is 5.69 Å². The molecule has 0 amide bonds. The van der Waals surface area contributed by atoms with Crippen molar-refractivity contribution in [3.63, 3.8) is 0 Å². The average Bonchev–Trinajstić information content (AvgIpc) is 3.13. The van der Waals surface area contributed by atoms with E-state index in [-0.39, 0.29) is 18.7 Å². The van der Waals surface area contributed by atoms with E-state index in [1.165, 1.54) is 28.4 Å². The van der Waals surface area contributed by atoms with Crippen LogP contribution in [0.15, 0.2) is 65.8 Å². The van der Waals surface area contributed by atoms with Crippen LogP contribution < -0.4 is 19.4 Å². The van der Waals surface area contributed by atoms with Crippen LogP contribution in [0.25, 0.3) is 0 Å². The Labute approximate surface area is 302 Å². The minimum atomic E-state index is -3.23. The number of hydrogen-bond acceptors (Lipinski definition) is 14. The number of anilines is 1. The molecule has 0 spiro atoms. The molecule has 0 fully saturated rings. The Morgan fingerprint density at radius 1 is 0.816 bits per heavy atom. The third-order valence-electron chi connectivity index (χ3n) is 7.45. The van der Waals surface area contributed by atoms with E-state index in [0.717, 1.165) is 24.9 Å². The average molecular weight is 798 g/mol. The lowest BCUT2D eigenvalue weighted by Gasteiger charge is -2.27. The normalized spacial score (nSPS) is 17.3. The maximum Gasteiger partial charge on any atom is 0.540 e. The van der Waals surface area contributed by atoms with Gasteiger partial charge in [0, 0.05) is 19.3 Å². The second-order valence-electron chi connectivity index (χ2n) is 10.7. The molecule has 0 saturated heterocycles. The van der Waals surface area contributed by atoms with E-state index < -0.39 is 30.0 Å². The summed E-state index contributed by atoms with van der Waals surface area (Å²) in [7, 11) is 1.54. The number of methoxy groups -OCH3 is 1. The van der Waals surface area contributed by atoms with Crippen LogP contribution in [0.1, 0.15) is 18.4 Å². The van der Waals surface area contributed by atoms with Crippen LogP contribution in [0, 0.1) is 5.92 Å². The van der Waals surface area contributed by atoms with E-state index >= 15 is 0 Å². The number of hydrazone groups is 1. The fourth-order valence-corrected chi connectivity index (χ4v) is 8.67. The molecule has 0 aromatic heterocycles. The van der Waals surface area contributed by atoms with Crippen LogP contribution in [-0.4, -0.2) is 100 Å². The zero-order valence-corrected chi connectivity index (χ0v) is 33.9. The van der Waals surface area contributed by atoms with Gasteiger partial charge in [0.25, 0.3) is 0 Å². The first-order valence-corrected chi connectivity index (χ1v) is 23.0. The van der Waals surface area contributed by atoms with Gasteiger partial charge >= 0.3 is 30.0 Å². The highest BCUT2D eigenvalue weighted by molar-refractivity contribution is 8.02. The largest absolute Gasteiger partial charge is 0.540 e. The van der Waals surface area contributed by atoms with Gasteiger partial charge in [-0.2, -0.15) is 27.9 Å². The molecule has 3 N–H and O–H groups in total. The molecule has 20 heteroatoms. The monoisotopic (exact) mass is 797 g/mol. The predicted octanol–water partition coefficient (Wildman–Crippen LogP) is 6.19. The van der Waals surface area contributed by atoms with Gasteiger partial charge in [0.05, 0.1) is 54.9 Å². The van der Waals surface area contributed by atoms with E-state index in [4.69, 9.17) is 55.5 Å². The van der Waals surface area contributed by atoms with E-state index in [0.29, 0.717) is 23.1 Å². The highest BCUT2D eigenvalue weighted by Crippen LogP contribution is 2.60. The third kappa shape index (κ3) is 13.6. The number of nitrogens with zero attached hydrogens (tertiary/aromatic N) is 4. The lowest BCUT2D eigenvalue weighted by Crippen LogP contribution is -2.34. The lowest BCUT2D eigenvalue weighted by molar-refractivity contribution is 0.121. The van der Waals surface area contributed by atoms with E-state index in [1.807, 2.05) is 36.1 Å². The molecule has 0 saturated carbocycles. The second-order valence-corrected chi connectivity index (χ2v) is 19.6. The molecule has 1 aliphatic rings. The van der Waals surface area contributed by atoms with Gasteiger partial charge in [0.1, 0.15) is 0 Å². The van der Waals surface area contributed by atoms with Crippen LogP contribution in [-0.2, 0) is 46.4 Å². The molecule has 0 heterocycles. The Morgan fingerprint density at radius 3 is 1.84 bits per heavy atom. The third-order valence-corrected chi connectivity index (χ3v) is 15.0. The molecule has 2 aromatic carbocycles. The molecule has 3 rings (SSSR count). The van der Waals surface area contributed by atoms with Gasteiger partial charge in [-0.05, 0) is 77.6 Å². The summed E-state index contributed by atoms with van der Waals surface area (Å²) < 4.78 is 41.7. The Hall–Kier alpha value is -1.41. The Morgan fingerprint density at radius 2 is 1.35 bits per heavy atom. The number of benzene rings is 2. The maximum atomic E-state index is 10.7. The van der Waals surface area contributed by atoms with Crippen molar-refractivity contribution < 1.29 is 41.7 Å². The number of hydrogen-bond donors (Lipinski definition) is 3. The maximum absolute atomic E-state index is 10.7. The number of ether oxygens (including phenoxy) is 1. The molecule has 49 heavy (non-hydrogen) atoms. The van der Waals surface area contributed by atoms with E-state index in [1.54, 1.807) is 54.3 Å². The minimum Gasteiger partial charge on any atom is -0.377 e. The zero-order valence-electron chi connectivity index (χ0n) is 28.7. The molecule has 1 aliphatic carbocycles. The first-order valence-electron chi connectivity index (χ1n) is 15.0. The Bertz CT molecular complexity index is 1390. The summed E-state index contributed by atoms with van der Waals surface area (Å²) in [5, 5.41) is 4.46. The number of nitrogens with one attached hydrogen (secondary N) is 1. The van der Waals surface area contributed by atoms with Crippen molar-refractivity contribution in [2.45, 2.75) is 18.9 Å². The molecule has 4 atom stereocenters. The van der Waals surface area contributed by atoms with Crippen molar-refractivity contribution in [2.75, 3.05) is 73.7 Å². The number of rotatable bonds is 21. The van der Waals surface area contributed by atoms with E-state index in [9.17, 15) is 9.79 Å². The van der Waals surface area contributed by atoms with Gasteiger partial charge < -0.3 is 4.74 Å². The highest BCUT2D eigenvalue weighted by Gasteiger charge is 2.47. The molecule has 2 aromatic rings. The second kappa shape index (κ2) is 20.6. The molecule has 14 nitrogen and oxygen atoms in total. The Kier molecular flexibility index (Phi) is 17.6. The van der Waals surface area contributed by atoms with Gasteiger partial charge in [-0.15, -0.1) is 5.10 Å². The number of hydrazine groups is 1. The summed E-state index contributed by atoms with van der Waals surface area (Å²) in [5.74, 6) is 1.63. The standard InChI is InChI=1S/C29H47N5O9P4S2/c1-32(30-20-24-8-14-27(37-3)15-9-24)44(48)42-28-16-10-25(11-17-28)21-31-33(2)45(49)43-29-18-12-26(13-19-29)34(22-46(35,38-4)39-5)23-47(36,40-6)41-7/h8,10-14,16-19,21,24,27,30,35-36H,9,15,20,22-23H2,1-7H3/q+4/b31-21-. The quantitative estimate of drug-likeness (QED) is 0.0572. The molecule has 0 aliphatic heterocycles. The van der Waals surface area contributed by atoms with Gasteiger partial charge in [0.2, 0.25) is 36.2 Å². The van der Waals surface area contributed by atoms with Gasteiger partial charge in [-0.3, -0.25) is 13.9 Å². The van der Waals surface area contributed by atoms with Crippen LogP contribution in [0.2, 0.25) is 0 Å². The highest BCUT2D eigenvalue weighted by atomic mass is 32.4.